The summed E-state index contributed by atoms with van der Waals surface area (Å²) in [5.41, 5.74) is 7.53. The third kappa shape index (κ3) is 3.37. The van der Waals surface area contributed by atoms with Crippen molar-refractivity contribution in [2.45, 2.75) is 38.3 Å². The van der Waals surface area contributed by atoms with Gasteiger partial charge in [0.2, 0.25) is 0 Å². The van der Waals surface area contributed by atoms with E-state index in [1.165, 1.54) is 19.3 Å². The zero-order valence-electron chi connectivity index (χ0n) is 10.6. The highest BCUT2D eigenvalue weighted by molar-refractivity contribution is 6.31. The second kappa shape index (κ2) is 6.41. The molecule has 2 rings (SSSR count). The van der Waals surface area contributed by atoms with Crippen molar-refractivity contribution < 1.29 is 5.11 Å². The van der Waals surface area contributed by atoms with E-state index in [0.29, 0.717) is 11.7 Å². The molecule has 1 aromatic rings. The molecule has 1 aliphatic rings. The highest BCUT2D eigenvalue weighted by Gasteiger charge is 2.22. The standard InChI is InChI=1S/C14H21ClN2O/c15-14-9-12(16)5-4-11(14)10-17-7-2-1-3-13(17)6-8-18/h4-5,9,13,18H,1-3,6-8,10,16H2. The van der Waals surface area contributed by atoms with Crippen molar-refractivity contribution in [3.63, 3.8) is 0 Å². The second-order valence-corrected chi connectivity index (χ2v) is 5.39. The van der Waals surface area contributed by atoms with Gasteiger partial charge in [0.25, 0.3) is 0 Å². The Bertz CT molecular complexity index is 395. The van der Waals surface area contributed by atoms with E-state index in [1.54, 1.807) is 0 Å². The van der Waals surface area contributed by atoms with Crippen LogP contribution < -0.4 is 5.73 Å². The molecule has 4 heteroatoms. The van der Waals surface area contributed by atoms with Gasteiger partial charge in [0, 0.05) is 29.9 Å². The minimum atomic E-state index is 0.261. The van der Waals surface area contributed by atoms with Crippen LogP contribution in [0.5, 0.6) is 0 Å². The fourth-order valence-electron chi connectivity index (χ4n) is 2.65. The molecule has 3 N–H and O–H groups in total. The Hall–Kier alpha value is -0.770. The Kier molecular flexibility index (Phi) is 4.87. The maximum atomic E-state index is 9.12. The van der Waals surface area contributed by atoms with Gasteiger partial charge in [-0.3, -0.25) is 4.90 Å². The lowest BCUT2D eigenvalue weighted by molar-refractivity contribution is 0.112. The third-order valence-corrected chi connectivity index (χ3v) is 4.01. The zero-order chi connectivity index (χ0) is 13.0. The minimum absolute atomic E-state index is 0.261. The van der Waals surface area contributed by atoms with Crippen molar-refractivity contribution in [2.24, 2.45) is 0 Å². The first-order valence-electron chi connectivity index (χ1n) is 6.59. The molecule has 0 aliphatic carbocycles. The molecule has 1 aromatic carbocycles. The molecular formula is C14H21ClN2O. The van der Waals surface area contributed by atoms with Gasteiger partial charge in [0.1, 0.15) is 0 Å². The molecule has 0 saturated carbocycles. The number of likely N-dealkylation sites (tertiary alicyclic amines) is 1. The monoisotopic (exact) mass is 268 g/mol. The molecule has 1 unspecified atom stereocenters. The van der Waals surface area contributed by atoms with E-state index in [4.69, 9.17) is 22.4 Å². The van der Waals surface area contributed by atoms with Gasteiger partial charge in [0.05, 0.1) is 0 Å². The van der Waals surface area contributed by atoms with E-state index in [0.717, 1.165) is 30.1 Å². The number of piperidine rings is 1. The van der Waals surface area contributed by atoms with E-state index >= 15 is 0 Å². The average molecular weight is 269 g/mol. The molecule has 0 amide bonds. The SMILES string of the molecule is Nc1ccc(CN2CCCCC2CCO)c(Cl)c1. The predicted octanol–water partition coefficient (Wildman–Crippen LogP) is 2.66. The van der Waals surface area contributed by atoms with E-state index in [1.807, 2.05) is 18.2 Å². The second-order valence-electron chi connectivity index (χ2n) is 4.98. The molecule has 0 aromatic heterocycles. The van der Waals surface area contributed by atoms with Crippen LogP contribution in [0, 0.1) is 0 Å². The smallest absolute Gasteiger partial charge is 0.0471 e. The summed E-state index contributed by atoms with van der Waals surface area (Å²) in [6.07, 6.45) is 4.52. The Morgan fingerprint density at radius 2 is 2.22 bits per heavy atom. The number of hydrogen-bond donors (Lipinski definition) is 2. The van der Waals surface area contributed by atoms with E-state index in [-0.39, 0.29) is 6.61 Å². The average Bonchev–Trinajstić information content (AvgIpc) is 2.35. The van der Waals surface area contributed by atoms with Crippen LogP contribution in [0.3, 0.4) is 0 Å². The van der Waals surface area contributed by atoms with E-state index < -0.39 is 0 Å². The Morgan fingerprint density at radius 3 is 2.94 bits per heavy atom. The molecule has 1 atom stereocenters. The van der Waals surface area contributed by atoms with Crippen LogP contribution >= 0.6 is 11.6 Å². The van der Waals surface area contributed by atoms with Gasteiger partial charge in [-0.1, -0.05) is 24.1 Å². The predicted molar refractivity (Wildman–Crippen MR) is 75.6 cm³/mol. The molecule has 100 valence electrons. The molecular weight excluding hydrogens is 248 g/mol. The van der Waals surface area contributed by atoms with E-state index in [2.05, 4.69) is 4.90 Å². The van der Waals surface area contributed by atoms with Crippen molar-refractivity contribution in [3.05, 3.63) is 28.8 Å². The first kappa shape index (κ1) is 13.7. The molecule has 1 saturated heterocycles. The van der Waals surface area contributed by atoms with Crippen molar-refractivity contribution in [3.8, 4) is 0 Å². The largest absolute Gasteiger partial charge is 0.399 e. The number of halogens is 1. The van der Waals surface area contributed by atoms with Gasteiger partial charge < -0.3 is 10.8 Å². The van der Waals surface area contributed by atoms with Crippen molar-refractivity contribution in [1.82, 2.24) is 4.90 Å². The van der Waals surface area contributed by atoms with Crippen LogP contribution in [0.2, 0.25) is 5.02 Å². The number of aliphatic hydroxyl groups is 1. The summed E-state index contributed by atoms with van der Waals surface area (Å²) >= 11 is 6.22. The number of rotatable bonds is 4. The topological polar surface area (TPSA) is 49.5 Å². The highest BCUT2D eigenvalue weighted by atomic mass is 35.5. The normalized spacial score (nSPS) is 21.1. The van der Waals surface area contributed by atoms with Crippen LogP contribution in [-0.2, 0) is 6.54 Å². The molecule has 1 aliphatic heterocycles. The molecule has 18 heavy (non-hydrogen) atoms. The summed E-state index contributed by atoms with van der Waals surface area (Å²) in [5, 5.41) is 9.86. The van der Waals surface area contributed by atoms with Crippen molar-refractivity contribution in [1.29, 1.82) is 0 Å². The first-order valence-corrected chi connectivity index (χ1v) is 6.97. The van der Waals surface area contributed by atoms with Gasteiger partial charge in [0.15, 0.2) is 0 Å². The zero-order valence-corrected chi connectivity index (χ0v) is 11.4. The number of nitrogens with zero attached hydrogens (tertiary/aromatic N) is 1. The van der Waals surface area contributed by atoms with Crippen LogP contribution in [0.4, 0.5) is 5.69 Å². The van der Waals surface area contributed by atoms with Gasteiger partial charge in [-0.05, 0) is 43.5 Å². The number of anilines is 1. The molecule has 0 spiro atoms. The first-order chi connectivity index (χ1) is 8.70. The Balaban J connectivity index is 2.06. The van der Waals surface area contributed by atoms with Gasteiger partial charge in [-0.15, -0.1) is 0 Å². The number of hydrogen-bond acceptors (Lipinski definition) is 3. The van der Waals surface area contributed by atoms with Crippen molar-refractivity contribution in [2.75, 3.05) is 18.9 Å². The van der Waals surface area contributed by atoms with Crippen molar-refractivity contribution >= 4 is 17.3 Å². The lowest BCUT2D eigenvalue weighted by Gasteiger charge is -2.35. The maximum Gasteiger partial charge on any atom is 0.0471 e. The molecule has 0 bridgehead atoms. The Morgan fingerprint density at radius 1 is 1.39 bits per heavy atom. The lowest BCUT2D eigenvalue weighted by Crippen LogP contribution is -2.39. The van der Waals surface area contributed by atoms with Crippen LogP contribution in [0.25, 0.3) is 0 Å². The molecule has 0 radical (unpaired) electrons. The fraction of sp³-hybridized carbons (Fsp3) is 0.571. The van der Waals surface area contributed by atoms with Crippen LogP contribution in [-0.4, -0.2) is 29.2 Å². The summed E-state index contributed by atoms with van der Waals surface area (Å²) in [5.74, 6) is 0. The number of nitrogen functional groups attached to an aromatic ring is 1. The highest BCUT2D eigenvalue weighted by Crippen LogP contribution is 2.25. The lowest BCUT2D eigenvalue weighted by atomic mass is 9.99. The van der Waals surface area contributed by atoms with Gasteiger partial charge in [-0.2, -0.15) is 0 Å². The third-order valence-electron chi connectivity index (χ3n) is 3.66. The number of nitrogens with two attached hydrogens (primary N) is 1. The summed E-state index contributed by atoms with van der Waals surface area (Å²) in [6.45, 7) is 2.20. The molecule has 1 fully saturated rings. The van der Waals surface area contributed by atoms with Crippen LogP contribution in [0.15, 0.2) is 18.2 Å². The quantitative estimate of drug-likeness (QED) is 0.826. The van der Waals surface area contributed by atoms with Crippen LogP contribution in [0.1, 0.15) is 31.2 Å². The number of benzene rings is 1. The van der Waals surface area contributed by atoms with Gasteiger partial charge >= 0.3 is 0 Å². The van der Waals surface area contributed by atoms with E-state index in [9.17, 15) is 0 Å². The molecule has 1 heterocycles. The molecule has 3 nitrogen and oxygen atoms in total. The summed E-state index contributed by atoms with van der Waals surface area (Å²) in [4.78, 5) is 2.43. The Labute approximate surface area is 114 Å². The fourth-order valence-corrected chi connectivity index (χ4v) is 2.90. The van der Waals surface area contributed by atoms with Gasteiger partial charge in [-0.25, -0.2) is 0 Å². The summed E-state index contributed by atoms with van der Waals surface area (Å²) in [7, 11) is 0. The minimum Gasteiger partial charge on any atom is -0.399 e. The summed E-state index contributed by atoms with van der Waals surface area (Å²) in [6, 6.07) is 6.19. The number of aliphatic hydroxyl groups excluding tert-OH is 1. The summed E-state index contributed by atoms with van der Waals surface area (Å²) < 4.78 is 0. The maximum absolute atomic E-state index is 9.12.